The summed E-state index contributed by atoms with van der Waals surface area (Å²) in [5.41, 5.74) is 0. The van der Waals surface area contributed by atoms with Crippen LogP contribution in [0.2, 0.25) is 0 Å². The molecule has 1 unspecified atom stereocenters. The number of aryl methyl sites for hydroxylation is 1. The number of hydrogen-bond donors (Lipinski definition) is 1. The van der Waals surface area contributed by atoms with Crippen molar-refractivity contribution in [1.29, 1.82) is 0 Å². The normalized spacial score (nSPS) is 12.6. The number of ether oxygens (including phenoxy) is 1. The second kappa shape index (κ2) is 6.42. The van der Waals surface area contributed by atoms with E-state index in [4.69, 9.17) is 4.74 Å². The Balaban J connectivity index is 2.72. The van der Waals surface area contributed by atoms with Crippen molar-refractivity contribution in [2.24, 2.45) is 5.92 Å². The Kier molecular flexibility index (Phi) is 5.19. The Morgan fingerprint density at radius 1 is 1.29 bits per heavy atom. The van der Waals surface area contributed by atoms with Gasteiger partial charge in [0.2, 0.25) is 5.88 Å². The summed E-state index contributed by atoms with van der Waals surface area (Å²) in [5, 5.41) is 3.33. The van der Waals surface area contributed by atoms with Crippen molar-refractivity contribution >= 4 is 5.82 Å². The predicted molar refractivity (Wildman–Crippen MR) is 70.5 cm³/mol. The molecule has 0 saturated heterocycles. The molecule has 4 heteroatoms. The van der Waals surface area contributed by atoms with Crippen LogP contribution in [0, 0.1) is 12.8 Å². The molecule has 0 spiro atoms. The molecule has 96 valence electrons. The molecule has 0 aliphatic rings. The van der Waals surface area contributed by atoms with Gasteiger partial charge >= 0.3 is 0 Å². The number of aromatic nitrogens is 2. The van der Waals surface area contributed by atoms with Crippen LogP contribution in [0.25, 0.3) is 0 Å². The zero-order chi connectivity index (χ0) is 12.8. The van der Waals surface area contributed by atoms with Crippen molar-refractivity contribution in [3.63, 3.8) is 0 Å². The van der Waals surface area contributed by atoms with Crippen molar-refractivity contribution in [2.75, 3.05) is 11.9 Å². The molecule has 4 nitrogen and oxygen atoms in total. The van der Waals surface area contributed by atoms with Crippen molar-refractivity contribution in [3.05, 3.63) is 11.9 Å². The van der Waals surface area contributed by atoms with Gasteiger partial charge in [0.25, 0.3) is 0 Å². The highest BCUT2D eigenvalue weighted by molar-refractivity contribution is 5.39. The van der Waals surface area contributed by atoms with Gasteiger partial charge in [-0.15, -0.1) is 0 Å². The fourth-order valence-corrected chi connectivity index (χ4v) is 1.29. The Labute approximate surface area is 104 Å². The van der Waals surface area contributed by atoms with Crippen LogP contribution in [-0.2, 0) is 0 Å². The molecule has 0 amide bonds. The highest BCUT2D eigenvalue weighted by atomic mass is 16.5. The molecule has 1 N–H and O–H groups in total. The molecule has 0 bridgehead atoms. The number of rotatable bonds is 6. The zero-order valence-corrected chi connectivity index (χ0v) is 11.4. The third-order valence-electron chi connectivity index (χ3n) is 2.39. The molecule has 0 aromatic carbocycles. The Bertz CT molecular complexity index is 353. The molecule has 0 saturated carbocycles. The zero-order valence-electron chi connectivity index (χ0n) is 11.4. The first kappa shape index (κ1) is 13.7. The molecule has 1 atom stereocenters. The highest BCUT2D eigenvalue weighted by Gasteiger charge is 2.06. The van der Waals surface area contributed by atoms with Gasteiger partial charge in [-0.05, 0) is 26.2 Å². The molecule has 0 radical (unpaired) electrons. The maximum atomic E-state index is 5.61. The largest absolute Gasteiger partial charge is 0.477 e. The Morgan fingerprint density at radius 3 is 2.59 bits per heavy atom. The fraction of sp³-hybridized carbons (Fsp3) is 0.692. The van der Waals surface area contributed by atoms with E-state index in [1.54, 1.807) is 0 Å². The minimum absolute atomic E-state index is 0.405. The minimum Gasteiger partial charge on any atom is -0.477 e. The van der Waals surface area contributed by atoms with E-state index in [1.165, 1.54) is 0 Å². The summed E-state index contributed by atoms with van der Waals surface area (Å²) in [6.07, 6.45) is 1.06. The van der Waals surface area contributed by atoms with Crippen LogP contribution in [0.4, 0.5) is 5.82 Å². The average Bonchev–Trinajstić information content (AvgIpc) is 2.25. The summed E-state index contributed by atoms with van der Waals surface area (Å²) in [6.45, 7) is 11.1. The minimum atomic E-state index is 0.405. The van der Waals surface area contributed by atoms with Crippen LogP contribution in [0.3, 0.4) is 0 Å². The SMILES string of the molecule is CCC(C)Nc1cc(OCC(C)C)nc(C)n1. The summed E-state index contributed by atoms with van der Waals surface area (Å²) in [6, 6.07) is 2.27. The van der Waals surface area contributed by atoms with E-state index < -0.39 is 0 Å². The van der Waals surface area contributed by atoms with Gasteiger partial charge in [-0.25, -0.2) is 4.98 Å². The molecule has 0 aliphatic carbocycles. The van der Waals surface area contributed by atoms with Crippen LogP contribution in [0.5, 0.6) is 5.88 Å². The van der Waals surface area contributed by atoms with Crippen molar-refractivity contribution < 1.29 is 4.74 Å². The van der Waals surface area contributed by atoms with Crippen LogP contribution < -0.4 is 10.1 Å². The van der Waals surface area contributed by atoms with E-state index in [0.29, 0.717) is 24.4 Å². The van der Waals surface area contributed by atoms with Crippen molar-refractivity contribution in [2.45, 2.75) is 47.1 Å². The van der Waals surface area contributed by atoms with E-state index in [-0.39, 0.29) is 0 Å². The van der Waals surface area contributed by atoms with E-state index in [1.807, 2.05) is 13.0 Å². The first-order valence-electron chi connectivity index (χ1n) is 6.26. The maximum Gasteiger partial charge on any atom is 0.218 e. The van der Waals surface area contributed by atoms with Crippen LogP contribution in [0.1, 0.15) is 39.9 Å². The van der Waals surface area contributed by atoms with Crippen molar-refractivity contribution in [3.8, 4) is 5.88 Å². The summed E-state index contributed by atoms with van der Waals surface area (Å²) in [7, 11) is 0. The van der Waals surface area contributed by atoms with Gasteiger partial charge in [-0.2, -0.15) is 4.98 Å². The number of nitrogens with zero attached hydrogens (tertiary/aromatic N) is 2. The third kappa shape index (κ3) is 5.02. The van der Waals surface area contributed by atoms with Gasteiger partial charge < -0.3 is 10.1 Å². The fourth-order valence-electron chi connectivity index (χ4n) is 1.29. The van der Waals surface area contributed by atoms with Crippen LogP contribution >= 0.6 is 0 Å². The van der Waals surface area contributed by atoms with Gasteiger partial charge in [-0.3, -0.25) is 0 Å². The molecule has 1 heterocycles. The lowest BCUT2D eigenvalue weighted by Gasteiger charge is -2.14. The van der Waals surface area contributed by atoms with Crippen LogP contribution in [0.15, 0.2) is 6.07 Å². The quantitative estimate of drug-likeness (QED) is 0.826. The predicted octanol–water partition coefficient (Wildman–Crippen LogP) is 3.03. The van der Waals surface area contributed by atoms with Gasteiger partial charge in [0.1, 0.15) is 11.6 Å². The summed E-state index contributed by atoms with van der Waals surface area (Å²) < 4.78 is 5.61. The molecule has 1 rings (SSSR count). The number of hydrogen-bond acceptors (Lipinski definition) is 4. The topological polar surface area (TPSA) is 47.0 Å². The molecular weight excluding hydrogens is 214 g/mol. The molecular formula is C13H23N3O. The van der Waals surface area contributed by atoms with Gasteiger partial charge in [0, 0.05) is 12.1 Å². The van der Waals surface area contributed by atoms with Gasteiger partial charge in [0.05, 0.1) is 6.61 Å². The first-order chi connectivity index (χ1) is 8.01. The lowest BCUT2D eigenvalue weighted by molar-refractivity contribution is 0.260. The molecule has 17 heavy (non-hydrogen) atoms. The summed E-state index contributed by atoms with van der Waals surface area (Å²) in [4.78, 5) is 8.61. The molecule has 0 aliphatic heterocycles. The average molecular weight is 237 g/mol. The second-order valence-corrected chi connectivity index (χ2v) is 4.80. The number of anilines is 1. The van der Waals surface area contributed by atoms with Gasteiger partial charge in [-0.1, -0.05) is 20.8 Å². The van der Waals surface area contributed by atoms with Crippen molar-refractivity contribution in [1.82, 2.24) is 9.97 Å². The highest BCUT2D eigenvalue weighted by Crippen LogP contribution is 2.15. The summed E-state index contributed by atoms with van der Waals surface area (Å²) in [5.74, 6) is 2.72. The lowest BCUT2D eigenvalue weighted by atomic mass is 10.2. The van der Waals surface area contributed by atoms with E-state index in [2.05, 4.69) is 43.0 Å². The van der Waals surface area contributed by atoms with Gasteiger partial charge in [0.15, 0.2) is 0 Å². The Hall–Kier alpha value is -1.32. The Morgan fingerprint density at radius 2 is 2.00 bits per heavy atom. The first-order valence-corrected chi connectivity index (χ1v) is 6.26. The monoisotopic (exact) mass is 237 g/mol. The lowest BCUT2D eigenvalue weighted by Crippen LogP contribution is -2.15. The number of nitrogens with one attached hydrogen (secondary N) is 1. The smallest absolute Gasteiger partial charge is 0.218 e. The maximum absolute atomic E-state index is 5.61. The van der Waals surface area contributed by atoms with E-state index in [9.17, 15) is 0 Å². The summed E-state index contributed by atoms with van der Waals surface area (Å²) >= 11 is 0. The van der Waals surface area contributed by atoms with Crippen LogP contribution in [-0.4, -0.2) is 22.6 Å². The third-order valence-corrected chi connectivity index (χ3v) is 2.39. The molecule has 1 aromatic rings. The molecule has 1 aromatic heterocycles. The standard InChI is InChI=1S/C13H23N3O/c1-6-10(4)14-12-7-13(16-11(5)15-12)17-8-9(2)3/h7,9-10H,6,8H2,1-5H3,(H,14,15,16). The van der Waals surface area contributed by atoms with E-state index >= 15 is 0 Å². The second-order valence-electron chi connectivity index (χ2n) is 4.80. The van der Waals surface area contributed by atoms with E-state index in [0.717, 1.165) is 18.1 Å². The molecule has 0 fully saturated rings.